The summed E-state index contributed by atoms with van der Waals surface area (Å²) in [6.07, 6.45) is 12.4. The van der Waals surface area contributed by atoms with Crippen molar-refractivity contribution < 1.29 is 9.53 Å². The van der Waals surface area contributed by atoms with Gasteiger partial charge in [0.2, 0.25) is 5.91 Å². The summed E-state index contributed by atoms with van der Waals surface area (Å²) in [5.74, 6) is 0.699. The normalized spacial score (nSPS) is 21.4. The Morgan fingerprint density at radius 2 is 2.12 bits per heavy atom. The van der Waals surface area contributed by atoms with Gasteiger partial charge in [-0.3, -0.25) is 9.89 Å². The number of nitrogens with zero attached hydrogens (tertiary/aromatic N) is 2. The number of hydrogen-bond donors (Lipinski definition) is 2. The minimum absolute atomic E-state index is 0.0273. The molecule has 1 unspecified atom stereocenters. The van der Waals surface area contributed by atoms with Crippen molar-refractivity contribution in [3.63, 3.8) is 0 Å². The minimum atomic E-state index is -0.0273. The van der Waals surface area contributed by atoms with Crippen molar-refractivity contribution in [2.45, 2.75) is 57.5 Å². The first-order valence-electron chi connectivity index (χ1n) is 9.19. The van der Waals surface area contributed by atoms with E-state index in [0.717, 1.165) is 31.5 Å². The highest BCUT2D eigenvalue weighted by atomic mass is 16.5. The summed E-state index contributed by atoms with van der Waals surface area (Å²) in [7, 11) is 0. The number of anilines is 1. The van der Waals surface area contributed by atoms with E-state index in [9.17, 15) is 4.79 Å². The predicted octanol–water partition coefficient (Wildman–Crippen LogP) is 3.37. The number of likely N-dealkylation sites (tertiary alicyclic amines) is 1. The summed E-state index contributed by atoms with van der Waals surface area (Å²) in [6.45, 7) is 3.57. The molecule has 132 valence electrons. The van der Waals surface area contributed by atoms with E-state index in [1.165, 1.54) is 38.8 Å². The number of H-pyrrole nitrogens is 1. The van der Waals surface area contributed by atoms with E-state index in [-0.39, 0.29) is 12.0 Å². The lowest BCUT2D eigenvalue weighted by Crippen LogP contribution is -2.25. The molecule has 0 spiro atoms. The van der Waals surface area contributed by atoms with Gasteiger partial charge in [-0.1, -0.05) is 12.8 Å². The lowest BCUT2D eigenvalue weighted by molar-refractivity contribution is -0.116. The standard InChI is InChI=1S/C18H28N4O2/c23-18(9-3-6-12-22-10-4-1-2-5-11-22)19-17-14-15(20-21-17)16-8-7-13-24-16/h7,13-14,16H,1-6,8-12H2,(H2,19,20,21,23). The molecule has 2 N–H and O–H groups in total. The van der Waals surface area contributed by atoms with Crippen molar-refractivity contribution in [3.05, 3.63) is 24.1 Å². The van der Waals surface area contributed by atoms with Crippen molar-refractivity contribution in [2.75, 3.05) is 25.0 Å². The Kier molecular flexibility index (Phi) is 6.29. The van der Waals surface area contributed by atoms with Gasteiger partial charge in [0.25, 0.3) is 0 Å². The molecule has 24 heavy (non-hydrogen) atoms. The molecule has 0 bridgehead atoms. The third-order valence-corrected chi connectivity index (χ3v) is 4.72. The first-order chi connectivity index (χ1) is 11.8. The maximum Gasteiger partial charge on any atom is 0.225 e. The number of nitrogens with one attached hydrogen (secondary N) is 2. The molecule has 0 radical (unpaired) electrons. The van der Waals surface area contributed by atoms with Crippen LogP contribution in [0.5, 0.6) is 0 Å². The van der Waals surface area contributed by atoms with E-state index in [1.54, 1.807) is 6.26 Å². The van der Waals surface area contributed by atoms with Crippen molar-refractivity contribution in [2.24, 2.45) is 0 Å². The van der Waals surface area contributed by atoms with Gasteiger partial charge >= 0.3 is 0 Å². The maximum atomic E-state index is 12.0. The van der Waals surface area contributed by atoms with Gasteiger partial charge < -0.3 is 15.0 Å². The number of amides is 1. The fourth-order valence-electron chi connectivity index (χ4n) is 3.34. The Hall–Kier alpha value is -1.82. The SMILES string of the molecule is O=C(CCCCN1CCCCCC1)Nc1cc(C2CC=CO2)n[nH]1. The highest BCUT2D eigenvalue weighted by Crippen LogP contribution is 2.26. The van der Waals surface area contributed by atoms with Crippen molar-refractivity contribution in [3.8, 4) is 0 Å². The van der Waals surface area contributed by atoms with Gasteiger partial charge in [0.15, 0.2) is 0 Å². The van der Waals surface area contributed by atoms with E-state index in [2.05, 4.69) is 20.4 Å². The molecule has 1 aromatic rings. The Bertz CT molecular complexity index is 539. The third-order valence-electron chi connectivity index (χ3n) is 4.72. The topological polar surface area (TPSA) is 70.2 Å². The number of carbonyl (C=O) groups excluding carboxylic acids is 1. The van der Waals surface area contributed by atoms with Crippen LogP contribution in [0, 0.1) is 0 Å². The first-order valence-corrected chi connectivity index (χ1v) is 9.19. The maximum absolute atomic E-state index is 12.0. The molecule has 1 atom stereocenters. The van der Waals surface area contributed by atoms with Crippen LogP contribution < -0.4 is 5.32 Å². The summed E-state index contributed by atoms with van der Waals surface area (Å²) in [5, 5.41) is 9.96. The van der Waals surface area contributed by atoms with Crippen LogP contribution in [0.3, 0.4) is 0 Å². The summed E-state index contributed by atoms with van der Waals surface area (Å²) in [5.41, 5.74) is 0.830. The molecule has 1 saturated heterocycles. The molecule has 0 aromatic carbocycles. The van der Waals surface area contributed by atoms with E-state index >= 15 is 0 Å². The molecular formula is C18H28N4O2. The van der Waals surface area contributed by atoms with Crippen LogP contribution in [0.15, 0.2) is 18.4 Å². The van der Waals surface area contributed by atoms with E-state index < -0.39 is 0 Å². The zero-order valence-corrected chi connectivity index (χ0v) is 14.3. The fraction of sp³-hybridized carbons (Fsp3) is 0.667. The van der Waals surface area contributed by atoms with Crippen LogP contribution in [0.4, 0.5) is 5.82 Å². The van der Waals surface area contributed by atoms with E-state index in [1.807, 2.05) is 12.1 Å². The number of carbonyl (C=O) groups is 1. The summed E-state index contributed by atoms with van der Waals surface area (Å²) < 4.78 is 5.42. The fourth-order valence-corrected chi connectivity index (χ4v) is 3.34. The monoisotopic (exact) mass is 332 g/mol. The molecule has 0 saturated carbocycles. The number of unbranched alkanes of at least 4 members (excludes halogenated alkanes) is 1. The Morgan fingerprint density at radius 3 is 2.88 bits per heavy atom. The molecule has 6 heteroatoms. The number of ether oxygens (including phenoxy) is 1. The zero-order chi connectivity index (χ0) is 16.6. The van der Waals surface area contributed by atoms with Crippen LogP contribution in [-0.4, -0.2) is 40.6 Å². The predicted molar refractivity (Wildman–Crippen MR) is 93.6 cm³/mol. The molecule has 0 aliphatic carbocycles. The zero-order valence-electron chi connectivity index (χ0n) is 14.3. The Labute approximate surface area is 143 Å². The quantitative estimate of drug-likeness (QED) is 0.751. The second kappa shape index (κ2) is 8.87. The van der Waals surface area contributed by atoms with Crippen molar-refractivity contribution in [1.29, 1.82) is 0 Å². The average Bonchev–Trinajstić information content (AvgIpc) is 3.19. The summed E-state index contributed by atoms with van der Waals surface area (Å²) in [6, 6.07) is 1.85. The van der Waals surface area contributed by atoms with Crippen LogP contribution in [-0.2, 0) is 9.53 Å². The number of aromatic amines is 1. The summed E-state index contributed by atoms with van der Waals surface area (Å²) in [4.78, 5) is 14.6. The van der Waals surface area contributed by atoms with Crippen molar-refractivity contribution >= 4 is 11.7 Å². The summed E-state index contributed by atoms with van der Waals surface area (Å²) >= 11 is 0. The van der Waals surface area contributed by atoms with E-state index in [0.29, 0.717) is 12.2 Å². The lowest BCUT2D eigenvalue weighted by Gasteiger charge is -2.19. The first kappa shape index (κ1) is 17.0. The van der Waals surface area contributed by atoms with E-state index in [4.69, 9.17) is 4.74 Å². The third kappa shape index (κ3) is 5.09. The molecule has 6 nitrogen and oxygen atoms in total. The molecule has 3 rings (SSSR count). The molecule has 3 heterocycles. The number of aromatic nitrogens is 2. The van der Waals surface area contributed by atoms with Crippen LogP contribution in [0.2, 0.25) is 0 Å². The van der Waals surface area contributed by atoms with Gasteiger partial charge in [-0.2, -0.15) is 5.10 Å². The Morgan fingerprint density at radius 1 is 1.29 bits per heavy atom. The molecular weight excluding hydrogens is 304 g/mol. The average molecular weight is 332 g/mol. The molecule has 2 aliphatic heterocycles. The molecule has 1 fully saturated rings. The van der Waals surface area contributed by atoms with Crippen molar-refractivity contribution in [1.82, 2.24) is 15.1 Å². The molecule has 1 aromatic heterocycles. The van der Waals surface area contributed by atoms with Gasteiger partial charge in [-0.05, 0) is 51.4 Å². The lowest BCUT2D eigenvalue weighted by atomic mass is 10.2. The van der Waals surface area contributed by atoms with Gasteiger partial charge in [0, 0.05) is 18.9 Å². The van der Waals surface area contributed by atoms with Crippen LogP contribution >= 0.6 is 0 Å². The Balaban J connectivity index is 1.32. The van der Waals surface area contributed by atoms with Crippen LogP contribution in [0.25, 0.3) is 0 Å². The molecule has 2 aliphatic rings. The van der Waals surface area contributed by atoms with Gasteiger partial charge in [0.1, 0.15) is 17.6 Å². The second-order valence-corrected chi connectivity index (χ2v) is 6.70. The largest absolute Gasteiger partial charge is 0.492 e. The van der Waals surface area contributed by atoms with Gasteiger partial charge in [-0.25, -0.2) is 0 Å². The van der Waals surface area contributed by atoms with Gasteiger partial charge in [-0.15, -0.1) is 0 Å². The van der Waals surface area contributed by atoms with Crippen LogP contribution in [0.1, 0.15) is 63.2 Å². The van der Waals surface area contributed by atoms with Gasteiger partial charge in [0.05, 0.1) is 6.26 Å². The smallest absolute Gasteiger partial charge is 0.225 e. The highest BCUT2D eigenvalue weighted by Gasteiger charge is 2.18. The number of hydrogen-bond acceptors (Lipinski definition) is 4. The minimum Gasteiger partial charge on any atom is -0.492 e. The second-order valence-electron chi connectivity index (χ2n) is 6.70. The molecule has 1 amide bonds. The highest BCUT2D eigenvalue weighted by molar-refractivity contribution is 5.89. The number of rotatable bonds is 7.